The van der Waals surface area contributed by atoms with Gasteiger partial charge in [0.15, 0.2) is 5.82 Å². The Kier molecular flexibility index (Phi) is 1.73. The minimum Gasteiger partial charge on any atom is -0.374 e. The van der Waals surface area contributed by atoms with Crippen LogP contribution in [0.3, 0.4) is 0 Å². The maximum absolute atomic E-state index is 5.74. The van der Waals surface area contributed by atoms with E-state index in [0.29, 0.717) is 24.1 Å². The molecule has 5 nitrogen and oxygen atoms in total. The summed E-state index contributed by atoms with van der Waals surface area (Å²) in [6.45, 7) is 0. The molecule has 2 saturated heterocycles. The molecule has 2 fully saturated rings. The van der Waals surface area contributed by atoms with Crippen LogP contribution in [0.2, 0.25) is 0 Å². The molecule has 2 aliphatic rings. The van der Waals surface area contributed by atoms with Gasteiger partial charge in [-0.25, -0.2) is 0 Å². The average molecular weight is 195 g/mol. The summed E-state index contributed by atoms with van der Waals surface area (Å²) in [5, 5.41) is 6.79. The zero-order valence-corrected chi connectivity index (χ0v) is 8.06. The average Bonchev–Trinajstić information content (AvgIpc) is 2.93. The fourth-order valence-corrected chi connectivity index (χ4v) is 2.40. The highest BCUT2D eigenvalue weighted by molar-refractivity contribution is 5.19. The molecule has 0 aliphatic carbocycles. The smallest absolute Gasteiger partial charge is 0.321 e. The van der Waals surface area contributed by atoms with Crippen molar-refractivity contribution < 1.29 is 9.26 Å². The Bertz CT molecular complexity index is 339. The largest absolute Gasteiger partial charge is 0.374 e. The van der Waals surface area contributed by atoms with E-state index in [0.717, 1.165) is 18.7 Å². The standard InChI is InChI=1S/C9H13N3O2/c1-10-9-11-8(12-14-9)6-4-5-2-3-7(6)13-5/h5-7H,2-4H2,1H3,(H,10,11,12). The highest BCUT2D eigenvalue weighted by Crippen LogP contribution is 2.43. The Morgan fingerprint density at radius 2 is 2.36 bits per heavy atom. The van der Waals surface area contributed by atoms with Crippen molar-refractivity contribution in [1.82, 2.24) is 10.1 Å². The monoisotopic (exact) mass is 195 g/mol. The zero-order valence-electron chi connectivity index (χ0n) is 8.06. The van der Waals surface area contributed by atoms with Crippen molar-refractivity contribution >= 4 is 6.01 Å². The Balaban J connectivity index is 1.82. The number of fused-ring (bicyclic) bond motifs is 2. The van der Waals surface area contributed by atoms with E-state index in [1.54, 1.807) is 7.05 Å². The number of hydrogen-bond donors (Lipinski definition) is 1. The molecule has 0 spiro atoms. The molecule has 5 heteroatoms. The van der Waals surface area contributed by atoms with E-state index in [1.807, 2.05) is 0 Å². The highest BCUT2D eigenvalue weighted by atomic mass is 16.5. The molecular weight excluding hydrogens is 182 g/mol. The Morgan fingerprint density at radius 3 is 2.93 bits per heavy atom. The fourth-order valence-electron chi connectivity index (χ4n) is 2.40. The van der Waals surface area contributed by atoms with E-state index in [2.05, 4.69) is 15.5 Å². The number of nitrogens with zero attached hydrogens (tertiary/aromatic N) is 2. The second-order valence-electron chi connectivity index (χ2n) is 3.92. The lowest BCUT2D eigenvalue weighted by molar-refractivity contribution is 0.0996. The lowest BCUT2D eigenvalue weighted by Crippen LogP contribution is -2.15. The molecule has 3 rings (SSSR count). The summed E-state index contributed by atoms with van der Waals surface area (Å²) in [4.78, 5) is 4.26. The Morgan fingerprint density at radius 1 is 1.43 bits per heavy atom. The number of hydrogen-bond acceptors (Lipinski definition) is 5. The topological polar surface area (TPSA) is 60.2 Å². The fraction of sp³-hybridized carbons (Fsp3) is 0.778. The van der Waals surface area contributed by atoms with Crippen LogP contribution in [0.1, 0.15) is 31.0 Å². The SMILES string of the molecule is CNc1nc(C2CC3CCC2O3)no1. The third-order valence-corrected chi connectivity index (χ3v) is 3.09. The zero-order chi connectivity index (χ0) is 9.54. The van der Waals surface area contributed by atoms with Gasteiger partial charge in [-0.05, 0) is 19.3 Å². The number of aromatic nitrogens is 2. The van der Waals surface area contributed by atoms with Crippen molar-refractivity contribution in [1.29, 1.82) is 0 Å². The highest BCUT2D eigenvalue weighted by Gasteiger charge is 2.43. The first-order valence-electron chi connectivity index (χ1n) is 5.03. The number of ether oxygens (including phenoxy) is 1. The predicted octanol–water partition coefficient (Wildman–Crippen LogP) is 1.15. The number of nitrogens with one attached hydrogen (secondary N) is 1. The van der Waals surface area contributed by atoms with Crippen molar-refractivity contribution in [2.24, 2.45) is 0 Å². The molecule has 1 aromatic heterocycles. The quantitative estimate of drug-likeness (QED) is 0.767. The molecule has 0 aromatic carbocycles. The van der Waals surface area contributed by atoms with Crippen LogP contribution < -0.4 is 5.32 Å². The Labute approximate surface area is 81.8 Å². The summed E-state index contributed by atoms with van der Waals surface area (Å²) in [5.41, 5.74) is 0. The lowest BCUT2D eigenvalue weighted by atomic mass is 9.89. The van der Waals surface area contributed by atoms with Gasteiger partial charge in [0.05, 0.1) is 18.1 Å². The predicted molar refractivity (Wildman–Crippen MR) is 49.1 cm³/mol. The molecule has 2 bridgehead atoms. The van der Waals surface area contributed by atoms with Gasteiger partial charge in [-0.3, -0.25) is 0 Å². The molecule has 76 valence electrons. The second kappa shape index (κ2) is 2.95. The van der Waals surface area contributed by atoms with E-state index in [1.165, 1.54) is 6.42 Å². The van der Waals surface area contributed by atoms with Crippen LogP contribution in [-0.2, 0) is 4.74 Å². The molecule has 3 heterocycles. The van der Waals surface area contributed by atoms with Gasteiger partial charge in [0.1, 0.15) is 0 Å². The molecule has 0 saturated carbocycles. The summed E-state index contributed by atoms with van der Waals surface area (Å²) in [5.74, 6) is 1.14. The third kappa shape index (κ3) is 1.12. The van der Waals surface area contributed by atoms with Crippen molar-refractivity contribution in [3.8, 4) is 0 Å². The molecule has 14 heavy (non-hydrogen) atoms. The summed E-state index contributed by atoms with van der Waals surface area (Å²) < 4.78 is 10.7. The van der Waals surface area contributed by atoms with Crippen LogP contribution in [0.25, 0.3) is 0 Å². The minimum atomic E-state index is 0.322. The van der Waals surface area contributed by atoms with E-state index in [9.17, 15) is 0 Å². The summed E-state index contributed by atoms with van der Waals surface area (Å²) in [6, 6.07) is 0.489. The van der Waals surface area contributed by atoms with Crippen molar-refractivity contribution in [2.45, 2.75) is 37.4 Å². The molecule has 3 atom stereocenters. The first-order chi connectivity index (χ1) is 6.86. The Hall–Kier alpha value is -1.10. The van der Waals surface area contributed by atoms with Crippen molar-refractivity contribution in [2.75, 3.05) is 12.4 Å². The van der Waals surface area contributed by atoms with Crippen LogP contribution in [0, 0.1) is 0 Å². The lowest BCUT2D eigenvalue weighted by Gasteiger charge is -2.13. The first-order valence-corrected chi connectivity index (χ1v) is 5.03. The van der Waals surface area contributed by atoms with Crippen LogP contribution in [0.5, 0.6) is 0 Å². The van der Waals surface area contributed by atoms with Gasteiger partial charge in [-0.1, -0.05) is 5.16 Å². The van der Waals surface area contributed by atoms with Crippen molar-refractivity contribution in [3.05, 3.63) is 5.82 Å². The normalized spacial score (nSPS) is 35.1. The van der Waals surface area contributed by atoms with Gasteiger partial charge < -0.3 is 14.6 Å². The molecule has 1 N–H and O–H groups in total. The maximum atomic E-state index is 5.74. The van der Waals surface area contributed by atoms with Gasteiger partial charge in [0.2, 0.25) is 0 Å². The molecule has 1 aromatic rings. The van der Waals surface area contributed by atoms with Gasteiger partial charge >= 0.3 is 6.01 Å². The van der Waals surface area contributed by atoms with Gasteiger partial charge in [-0.2, -0.15) is 4.98 Å². The van der Waals surface area contributed by atoms with Crippen LogP contribution in [0.4, 0.5) is 6.01 Å². The summed E-state index contributed by atoms with van der Waals surface area (Å²) in [6.07, 6.45) is 4.13. The van der Waals surface area contributed by atoms with Crippen LogP contribution in [-0.4, -0.2) is 29.4 Å². The van der Waals surface area contributed by atoms with E-state index in [-0.39, 0.29) is 0 Å². The minimum absolute atomic E-state index is 0.322. The third-order valence-electron chi connectivity index (χ3n) is 3.09. The van der Waals surface area contributed by atoms with E-state index >= 15 is 0 Å². The molecular formula is C9H13N3O2. The van der Waals surface area contributed by atoms with E-state index < -0.39 is 0 Å². The van der Waals surface area contributed by atoms with Crippen molar-refractivity contribution in [3.63, 3.8) is 0 Å². The van der Waals surface area contributed by atoms with Gasteiger partial charge in [-0.15, -0.1) is 0 Å². The number of anilines is 1. The number of rotatable bonds is 2. The molecule has 0 radical (unpaired) electrons. The second-order valence-corrected chi connectivity index (χ2v) is 3.92. The van der Waals surface area contributed by atoms with Crippen LogP contribution >= 0.6 is 0 Å². The summed E-state index contributed by atoms with van der Waals surface area (Å²) in [7, 11) is 1.77. The maximum Gasteiger partial charge on any atom is 0.321 e. The van der Waals surface area contributed by atoms with Gasteiger partial charge in [0, 0.05) is 7.05 Å². The molecule has 0 amide bonds. The molecule has 3 unspecified atom stereocenters. The first kappa shape index (κ1) is 8.23. The van der Waals surface area contributed by atoms with Crippen LogP contribution in [0.15, 0.2) is 4.52 Å². The molecule has 2 aliphatic heterocycles. The summed E-state index contributed by atoms with van der Waals surface area (Å²) >= 11 is 0. The van der Waals surface area contributed by atoms with Gasteiger partial charge in [0.25, 0.3) is 0 Å². The van der Waals surface area contributed by atoms with E-state index in [4.69, 9.17) is 9.26 Å².